The van der Waals surface area contributed by atoms with Crippen LogP contribution in [0.4, 0.5) is 0 Å². The molecule has 2 N–H and O–H groups in total. The number of nitrogens with zero attached hydrogens (tertiary/aromatic N) is 1. The maximum atomic E-state index is 12.9. The first-order valence-electron chi connectivity index (χ1n) is 28.3. The molecule has 0 aliphatic rings. The summed E-state index contributed by atoms with van der Waals surface area (Å²) < 4.78 is 23.3. The van der Waals surface area contributed by atoms with Gasteiger partial charge in [-0.1, -0.05) is 241 Å². The Morgan fingerprint density at radius 1 is 0.529 bits per heavy atom. The molecule has 9 heteroatoms. The van der Waals surface area contributed by atoms with E-state index in [4.69, 9.17) is 9.05 Å². The van der Waals surface area contributed by atoms with Crippen molar-refractivity contribution in [1.29, 1.82) is 0 Å². The minimum atomic E-state index is -4.61. The van der Waals surface area contributed by atoms with Gasteiger partial charge < -0.3 is 28.8 Å². The van der Waals surface area contributed by atoms with Crippen LogP contribution in [0, 0.1) is 0 Å². The standard InChI is InChI=1S/C59H109N2O6P/c1-6-8-10-12-14-16-18-20-22-24-25-26-27-28-29-30-31-32-33-34-35-37-38-40-42-44-46-48-50-52-58(62)57(56-67-68(64,65)66-55-54-61(3,4)5)60-59(63)53-51-49-47-45-43-41-39-36-23-21-19-17-15-13-11-9-7-2/h9,11,15,17,21,23,39,41-42,44,50,52,57-58,62H,6-8,10,12-14,16,18-20,22,24-38,40,43,45-49,51,53-56H2,1-5H3,(H-,60,63,64,65)/b11-9-,17-15-,23-21-,41-39-,44-42+,52-50+. The molecule has 0 heterocycles. The Hall–Kier alpha value is -2.06. The van der Waals surface area contributed by atoms with Crippen LogP contribution in [0.3, 0.4) is 0 Å². The normalized spacial score (nSPS) is 14.5. The lowest BCUT2D eigenvalue weighted by molar-refractivity contribution is -0.870. The number of amides is 1. The van der Waals surface area contributed by atoms with Crippen LogP contribution in [-0.2, 0) is 18.4 Å². The highest BCUT2D eigenvalue weighted by atomic mass is 31.2. The van der Waals surface area contributed by atoms with Gasteiger partial charge in [0.05, 0.1) is 39.9 Å². The van der Waals surface area contributed by atoms with E-state index in [0.29, 0.717) is 17.4 Å². The average molecular weight is 974 g/mol. The number of aliphatic hydroxyl groups is 1. The van der Waals surface area contributed by atoms with E-state index in [1.807, 2.05) is 27.2 Å². The van der Waals surface area contributed by atoms with Crippen LogP contribution in [0.2, 0.25) is 0 Å². The number of carbonyl (C=O) groups excluding carboxylic acids is 1. The number of carbonyl (C=O) groups is 1. The highest BCUT2D eigenvalue weighted by molar-refractivity contribution is 7.45. The molecule has 3 unspecified atom stereocenters. The van der Waals surface area contributed by atoms with Gasteiger partial charge in [0.25, 0.3) is 7.82 Å². The summed E-state index contributed by atoms with van der Waals surface area (Å²) in [4.78, 5) is 25.4. The molecule has 0 radical (unpaired) electrons. The maximum absolute atomic E-state index is 12.9. The van der Waals surface area contributed by atoms with E-state index >= 15 is 0 Å². The van der Waals surface area contributed by atoms with Crippen molar-refractivity contribution in [2.75, 3.05) is 40.9 Å². The lowest BCUT2D eigenvalue weighted by atomic mass is 10.0. The topological polar surface area (TPSA) is 108 Å². The van der Waals surface area contributed by atoms with Crippen LogP contribution in [0.1, 0.15) is 245 Å². The molecule has 8 nitrogen and oxygen atoms in total. The van der Waals surface area contributed by atoms with Crippen LogP contribution < -0.4 is 10.2 Å². The van der Waals surface area contributed by atoms with Gasteiger partial charge in [0, 0.05) is 6.42 Å². The molecule has 0 aliphatic heterocycles. The zero-order valence-electron chi connectivity index (χ0n) is 45.0. The number of nitrogens with one attached hydrogen (secondary N) is 1. The highest BCUT2D eigenvalue weighted by Gasteiger charge is 2.23. The van der Waals surface area contributed by atoms with Crippen molar-refractivity contribution in [2.24, 2.45) is 0 Å². The number of hydrogen-bond acceptors (Lipinski definition) is 6. The van der Waals surface area contributed by atoms with Crippen LogP contribution in [0.5, 0.6) is 0 Å². The van der Waals surface area contributed by atoms with Gasteiger partial charge in [0.1, 0.15) is 13.2 Å². The van der Waals surface area contributed by atoms with Gasteiger partial charge in [0.2, 0.25) is 5.91 Å². The Labute approximate surface area is 421 Å². The molecular formula is C59H109N2O6P. The molecule has 0 spiro atoms. The lowest BCUT2D eigenvalue weighted by Gasteiger charge is -2.29. The number of hydrogen-bond donors (Lipinski definition) is 2. The second-order valence-corrected chi connectivity index (χ2v) is 21.7. The number of phosphoric ester groups is 1. The molecule has 0 fully saturated rings. The van der Waals surface area contributed by atoms with Crippen molar-refractivity contribution in [1.82, 2.24) is 5.32 Å². The molecule has 0 rings (SSSR count). The van der Waals surface area contributed by atoms with E-state index in [0.717, 1.165) is 77.0 Å². The number of likely N-dealkylation sites (N-methyl/N-ethyl adjacent to an activating group) is 1. The monoisotopic (exact) mass is 973 g/mol. The van der Waals surface area contributed by atoms with E-state index in [-0.39, 0.29) is 12.5 Å². The first-order valence-corrected chi connectivity index (χ1v) is 29.8. The summed E-state index contributed by atoms with van der Waals surface area (Å²) in [5, 5.41) is 13.8. The molecule has 0 saturated heterocycles. The third-order valence-corrected chi connectivity index (χ3v) is 13.4. The zero-order valence-corrected chi connectivity index (χ0v) is 45.9. The van der Waals surface area contributed by atoms with Crippen molar-refractivity contribution >= 4 is 13.7 Å². The summed E-state index contributed by atoms with van der Waals surface area (Å²) in [6.07, 6.45) is 68.5. The fourth-order valence-electron chi connectivity index (χ4n) is 7.98. The van der Waals surface area contributed by atoms with Gasteiger partial charge in [-0.25, -0.2) is 0 Å². The smallest absolute Gasteiger partial charge is 0.268 e. The molecule has 0 aromatic rings. The molecular weight excluding hydrogens is 864 g/mol. The first-order chi connectivity index (χ1) is 33.0. The van der Waals surface area contributed by atoms with Crippen molar-refractivity contribution in [2.45, 2.75) is 257 Å². The quantitative estimate of drug-likeness (QED) is 0.0272. The third-order valence-electron chi connectivity index (χ3n) is 12.4. The SMILES string of the molecule is CC/C=C\C/C=C\C/C=C\C/C=C\CCCCCCC(=O)NC(COP(=O)([O-])OCC[N+](C)(C)C)C(O)/C=C/CC/C=C/CCCCCCCCCCCCCCCCCCCCCCCCC. The van der Waals surface area contributed by atoms with E-state index in [1.165, 1.54) is 148 Å². The third kappa shape index (κ3) is 51.8. The summed E-state index contributed by atoms with van der Waals surface area (Å²) in [5.74, 6) is -0.231. The van der Waals surface area contributed by atoms with Crippen molar-refractivity contribution < 1.29 is 32.9 Å². The first kappa shape index (κ1) is 65.9. The molecule has 0 aliphatic carbocycles. The Morgan fingerprint density at radius 2 is 0.912 bits per heavy atom. The predicted octanol–water partition coefficient (Wildman–Crippen LogP) is 16.5. The Balaban J connectivity index is 4.25. The minimum Gasteiger partial charge on any atom is -0.756 e. The fraction of sp³-hybridized carbons (Fsp3) is 0.780. The van der Waals surface area contributed by atoms with Crippen LogP contribution in [0.25, 0.3) is 0 Å². The molecule has 68 heavy (non-hydrogen) atoms. The predicted molar refractivity (Wildman–Crippen MR) is 293 cm³/mol. The molecule has 0 aromatic carbocycles. The Morgan fingerprint density at radius 3 is 1.37 bits per heavy atom. The maximum Gasteiger partial charge on any atom is 0.268 e. The van der Waals surface area contributed by atoms with E-state index in [9.17, 15) is 19.4 Å². The average Bonchev–Trinajstić information content (AvgIpc) is 3.30. The fourth-order valence-corrected chi connectivity index (χ4v) is 8.71. The number of unbranched alkanes of at least 4 members (excludes halogenated alkanes) is 28. The summed E-state index contributed by atoms with van der Waals surface area (Å²) in [6.45, 7) is 4.50. The Kier molecular flexibility index (Phi) is 48.4. The molecule has 0 bridgehead atoms. The van der Waals surface area contributed by atoms with Crippen LogP contribution >= 0.6 is 7.82 Å². The summed E-state index contributed by atoms with van der Waals surface area (Å²) >= 11 is 0. The summed E-state index contributed by atoms with van der Waals surface area (Å²) in [5.41, 5.74) is 0. The van der Waals surface area contributed by atoms with Gasteiger partial charge in [-0.05, 0) is 70.6 Å². The molecule has 0 aromatic heterocycles. The van der Waals surface area contributed by atoms with Gasteiger partial charge in [-0.3, -0.25) is 9.36 Å². The van der Waals surface area contributed by atoms with Gasteiger partial charge >= 0.3 is 0 Å². The van der Waals surface area contributed by atoms with E-state index in [2.05, 4.69) is 79.9 Å². The van der Waals surface area contributed by atoms with Gasteiger partial charge in [-0.2, -0.15) is 0 Å². The minimum absolute atomic E-state index is 0.0147. The van der Waals surface area contributed by atoms with Crippen LogP contribution in [-0.4, -0.2) is 68.5 Å². The lowest BCUT2D eigenvalue weighted by Crippen LogP contribution is -2.45. The van der Waals surface area contributed by atoms with Gasteiger partial charge in [-0.15, -0.1) is 0 Å². The van der Waals surface area contributed by atoms with Crippen molar-refractivity contribution in [3.05, 3.63) is 72.9 Å². The highest BCUT2D eigenvalue weighted by Crippen LogP contribution is 2.38. The number of phosphoric acid groups is 1. The van der Waals surface area contributed by atoms with Crippen molar-refractivity contribution in [3.63, 3.8) is 0 Å². The summed E-state index contributed by atoms with van der Waals surface area (Å²) in [7, 11) is 1.22. The molecule has 0 saturated carbocycles. The summed E-state index contributed by atoms with van der Waals surface area (Å²) in [6, 6.07) is -0.921. The number of aliphatic hydroxyl groups excluding tert-OH is 1. The van der Waals surface area contributed by atoms with E-state index in [1.54, 1.807) is 6.08 Å². The second-order valence-electron chi connectivity index (χ2n) is 20.3. The molecule has 1 amide bonds. The number of allylic oxidation sites excluding steroid dienone is 11. The second kappa shape index (κ2) is 49.9. The van der Waals surface area contributed by atoms with Crippen molar-refractivity contribution in [3.8, 4) is 0 Å². The van der Waals surface area contributed by atoms with Crippen LogP contribution in [0.15, 0.2) is 72.9 Å². The van der Waals surface area contributed by atoms with E-state index < -0.39 is 26.6 Å². The molecule has 3 atom stereocenters. The number of rotatable bonds is 51. The molecule has 396 valence electrons. The Bertz CT molecular complexity index is 1330. The zero-order chi connectivity index (χ0) is 49.9. The number of quaternary nitrogens is 1. The van der Waals surface area contributed by atoms with Gasteiger partial charge in [0.15, 0.2) is 0 Å². The largest absolute Gasteiger partial charge is 0.756 e.